The second-order valence-electron chi connectivity index (χ2n) is 5.09. The van der Waals surface area contributed by atoms with Crippen molar-refractivity contribution in [2.75, 3.05) is 0 Å². The summed E-state index contributed by atoms with van der Waals surface area (Å²) in [5, 5.41) is 15.1. The average Bonchev–Trinajstić information content (AvgIpc) is 2.54. The Morgan fingerprint density at radius 2 is 1.85 bits per heavy atom. The van der Waals surface area contributed by atoms with Crippen molar-refractivity contribution in [1.29, 1.82) is 0 Å². The first-order chi connectivity index (χ1) is 9.20. The lowest BCUT2D eigenvalue weighted by molar-refractivity contribution is 0.0567. The number of aromatic nitrogens is 2. The zero-order valence-electron chi connectivity index (χ0n) is 11.4. The molecule has 108 valence electrons. The van der Waals surface area contributed by atoms with Crippen LogP contribution >= 0.6 is 11.6 Å². The van der Waals surface area contributed by atoms with Crippen molar-refractivity contribution in [2.45, 2.75) is 25.9 Å². The van der Waals surface area contributed by atoms with Gasteiger partial charge in [0.15, 0.2) is 0 Å². The molecule has 6 heteroatoms. The minimum Gasteiger partial charge on any atom is -0.385 e. The number of aryl methyl sites for hydroxylation is 2. The fourth-order valence-electron chi connectivity index (χ4n) is 2.19. The quantitative estimate of drug-likeness (QED) is 0.946. The number of benzene rings is 1. The van der Waals surface area contributed by atoms with Crippen molar-refractivity contribution in [2.24, 2.45) is 7.05 Å². The molecule has 1 heterocycles. The van der Waals surface area contributed by atoms with Gasteiger partial charge in [-0.05, 0) is 31.5 Å². The molecule has 2 rings (SSSR count). The average molecular weight is 301 g/mol. The summed E-state index contributed by atoms with van der Waals surface area (Å²) in [6, 6.07) is 2.99. The summed E-state index contributed by atoms with van der Waals surface area (Å²) in [5.41, 5.74) is 0.0493. The van der Waals surface area contributed by atoms with Crippen LogP contribution in [0.15, 0.2) is 18.2 Å². The third kappa shape index (κ3) is 2.83. The molecule has 0 fully saturated rings. The van der Waals surface area contributed by atoms with E-state index in [0.29, 0.717) is 16.4 Å². The maximum absolute atomic E-state index is 13.3. The van der Waals surface area contributed by atoms with E-state index in [4.69, 9.17) is 11.6 Å². The van der Waals surface area contributed by atoms with Crippen molar-refractivity contribution in [3.8, 4) is 0 Å². The maximum atomic E-state index is 13.3. The lowest BCUT2D eigenvalue weighted by Gasteiger charge is -2.24. The molecule has 3 nitrogen and oxygen atoms in total. The van der Waals surface area contributed by atoms with E-state index in [1.54, 1.807) is 14.0 Å². The van der Waals surface area contributed by atoms with Gasteiger partial charge in [-0.1, -0.05) is 11.6 Å². The van der Waals surface area contributed by atoms with Gasteiger partial charge in [0.25, 0.3) is 0 Å². The minimum absolute atomic E-state index is 0.119. The van der Waals surface area contributed by atoms with Gasteiger partial charge >= 0.3 is 0 Å². The number of rotatable bonds is 3. The van der Waals surface area contributed by atoms with Crippen LogP contribution in [0.5, 0.6) is 0 Å². The molecular formula is C14H15ClF2N2O. The maximum Gasteiger partial charge on any atom is 0.130 e. The Morgan fingerprint density at radius 3 is 2.30 bits per heavy atom. The van der Waals surface area contributed by atoms with E-state index < -0.39 is 17.2 Å². The third-order valence-electron chi connectivity index (χ3n) is 3.28. The highest BCUT2D eigenvalue weighted by atomic mass is 35.5. The number of nitrogens with zero attached hydrogens (tertiary/aromatic N) is 2. The molecule has 0 aliphatic rings. The lowest BCUT2D eigenvalue weighted by atomic mass is 9.89. The molecule has 0 amide bonds. The van der Waals surface area contributed by atoms with E-state index in [-0.39, 0.29) is 12.0 Å². The molecule has 0 saturated carbocycles. The van der Waals surface area contributed by atoms with Gasteiger partial charge in [-0.2, -0.15) is 5.10 Å². The number of halogens is 3. The van der Waals surface area contributed by atoms with Gasteiger partial charge < -0.3 is 5.11 Å². The highest BCUT2D eigenvalue weighted by Gasteiger charge is 2.28. The number of hydrogen-bond donors (Lipinski definition) is 1. The van der Waals surface area contributed by atoms with Crippen LogP contribution in [0, 0.1) is 18.6 Å². The molecule has 0 aliphatic heterocycles. The summed E-state index contributed by atoms with van der Waals surface area (Å²) >= 11 is 6.11. The van der Waals surface area contributed by atoms with Gasteiger partial charge in [0.05, 0.1) is 11.3 Å². The molecule has 1 unspecified atom stereocenters. The fourth-order valence-corrected chi connectivity index (χ4v) is 2.43. The molecule has 0 aliphatic carbocycles. The van der Waals surface area contributed by atoms with Crippen molar-refractivity contribution < 1.29 is 13.9 Å². The third-order valence-corrected chi connectivity index (χ3v) is 3.75. The van der Waals surface area contributed by atoms with E-state index >= 15 is 0 Å². The summed E-state index contributed by atoms with van der Waals surface area (Å²) in [6.45, 7) is 3.26. The highest BCUT2D eigenvalue weighted by molar-refractivity contribution is 6.30. The Bertz CT molecular complexity index is 633. The van der Waals surface area contributed by atoms with Crippen LogP contribution in [0.25, 0.3) is 0 Å². The molecule has 2 aromatic rings. The Kier molecular flexibility index (Phi) is 3.84. The van der Waals surface area contributed by atoms with Crippen LogP contribution in [-0.2, 0) is 19.1 Å². The summed E-state index contributed by atoms with van der Waals surface area (Å²) < 4.78 is 28.0. The molecule has 0 bridgehead atoms. The second-order valence-corrected chi connectivity index (χ2v) is 5.45. The van der Waals surface area contributed by atoms with Crippen LogP contribution in [0.2, 0.25) is 5.15 Å². The van der Waals surface area contributed by atoms with Crippen LogP contribution in [-0.4, -0.2) is 14.9 Å². The Hall–Kier alpha value is -1.46. The normalized spacial score (nSPS) is 14.3. The standard InChI is InChI=1S/C14H15ClF2N2O/c1-8-12(13(15)19(3)18-8)7-14(2,20)9-4-10(16)6-11(17)5-9/h4-6,20H,7H2,1-3H3. The zero-order chi connectivity index (χ0) is 15.1. The Morgan fingerprint density at radius 1 is 1.30 bits per heavy atom. The second kappa shape index (κ2) is 5.14. The van der Waals surface area contributed by atoms with Crippen molar-refractivity contribution >= 4 is 11.6 Å². The first kappa shape index (κ1) is 14.9. The Labute approximate surface area is 120 Å². The summed E-state index contributed by atoms with van der Waals surface area (Å²) in [6.07, 6.45) is 0.119. The highest BCUT2D eigenvalue weighted by Crippen LogP contribution is 2.30. The van der Waals surface area contributed by atoms with Crippen LogP contribution in [0.3, 0.4) is 0 Å². The van der Waals surface area contributed by atoms with Gasteiger partial charge in [0.2, 0.25) is 0 Å². The summed E-state index contributed by atoms with van der Waals surface area (Å²) in [4.78, 5) is 0. The first-order valence-corrected chi connectivity index (χ1v) is 6.45. The van der Waals surface area contributed by atoms with Crippen molar-refractivity contribution in [3.63, 3.8) is 0 Å². The predicted molar refractivity (Wildman–Crippen MR) is 72.6 cm³/mol. The van der Waals surface area contributed by atoms with Crippen LogP contribution < -0.4 is 0 Å². The summed E-state index contributed by atoms with van der Waals surface area (Å²) in [5.74, 6) is -1.46. The van der Waals surface area contributed by atoms with E-state index in [1.807, 2.05) is 0 Å². The molecule has 1 aromatic heterocycles. The molecule has 1 N–H and O–H groups in total. The van der Waals surface area contributed by atoms with E-state index in [2.05, 4.69) is 5.10 Å². The van der Waals surface area contributed by atoms with Gasteiger partial charge in [-0.25, -0.2) is 8.78 Å². The monoisotopic (exact) mass is 300 g/mol. The van der Waals surface area contributed by atoms with Gasteiger partial charge in [-0.15, -0.1) is 0 Å². The van der Waals surface area contributed by atoms with Crippen LogP contribution in [0.1, 0.15) is 23.7 Å². The van der Waals surface area contributed by atoms with Gasteiger partial charge in [0.1, 0.15) is 16.8 Å². The topological polar surface area (TPSA) is 38.0 Å². The molecule has 1 atom stereocenters. The SMILES string of the molecule is Cc1nn(C)c(Cl)c1CC(C)(O)c1cc(F)cc(F)c1. The van der Waals surface area contributed by atoms with E-state index in [1.165, 1.54) is 11.6 Å². The summed E-state index contributed by atoms with van der Waals surface area (Å²) in [7, 11) is 1.69. The zero-order valence-corrected chi connectivity index (χ0v) is 12.2. The van der Waals surface area contributed by atoms with E-state index in [9.17, 15) is 13.9 Å². The van der Waals surface area contributed by atoms with E-state index in [0.717, 1.165) is 18.2 Å². The van der Waals surface area contributed by atoms with Gasteiger partial charge in [0, 0.05) is 25.1 Å². The largest absolute Gasteiger partial charge is 0.385 e. The fraction of sp³-hybridized carbons (Fsp3) is 0.357. The molecule has 0 saturated heterocycles. The lowest BCUT2D eigenvalue weighted by Crippen LogP contribution is -2.25. The Balaban J connectivity index is 2.40. The molecule has 1 aromatic carbocycles. The van der Waals surface area contributed by atoms with Crippen LogP contribution in [0.4, 0.5) is 8.78 Å². The molecule has 0 spiro atoms. The number of aliphatic hydroxyl groups is 1. The van der Waals surface area contributed by atoms with Crippen molar-refractivity contribution in [1.82, 2.24) is 9.78 Å². The van der Waals surface area contributed by atoms with Crippen molar-refractivity contribution in [3.05, 3.63) is 51.8 Å². The molecular weight excluding hydrogens is 286 g/mol. The number of hydrogen-bond acceptors (Lipinski definition) is 2. The first-order valence-electron chi connectivity index (χ1n) is 6.07. The van der Waals surface area contributed by atoms with Gasteiger partial charge in [-0.3, -0.25) is 4.68 Å². The molecule has 20 heavy (non-hydrogen) atoms. The molecule has 0 radical (unpaired) electrons. The predicted octanol–water partition coefficient (Wildman–Crippen LogP) is 3.11. The smallest absolute Gasteiger partial charge is 0.130 e. The minimum atomic E-state index is -1.44.